The van der Waals surface area contributed by atoms with Crippen molar-refractivity contribution in [3.8, 4) is 33.5 Å². The summed E-state index contributed by atoms with van der Waals surface area (Å²) in [4.78, 5) is 0. The standard InChI is InChI=1S/C28H21N3/c1-4-10-21(11-5-1)16-17-24-18-19-25(22-12-6-2-7-13-22)27(23-14-8-3-9-15-23)28(24)26-20-29-31-30-26/h1-20H,(H,29,30,31). The van der Waals surface area contributed by atoms with Crippen molar-refractivity contribution in [1.82, 2.24) is 15.4 Å². The highest BCUT2D eigenvalue weighted by Crippen LogP contribution is 2.41. The third kappa shape index (κ3) is 3.94. The zero-order valence-electron chi connectivity index (χ0n) is 16.9. The Balaban J connectivity index is 1.78. The van der Waals surface area contributed by atoms with Crippen LogP contribution in [0.25, 0.3) is 45.7 Å². The first-order chi connectivity index (χ1) is 15.4. The number of nitrogens with one attached hydrogen (secondary N) is 1. The predicted molar refractivity (Wildman–Crippen MR) is 128 cm³/mol. The van der Waals surface area contributed by atoms with Gasteiger partial charge in [0, 0.05) is 5.56 Å². The van der Waals surface area contributed by atoms with Crippen LogP contribution >= 0.6 is 0 Å². The fourth-order valence-electron chi connectivity index (χ4n) is 3.87. The molecule has 0 fully saturated rings. The van der Waals surface area contributed by atoms with Gasteiger partial charge in [-0.3, -0.25) is 5.10 Å². The molecule has 0 spiro atoms. The van der Waals surface area contributed by atoms with Gasteiger partial charge in [0.25, 0.3) is 0 Å². The molecule has 0 unspecified atom stereocenters. The Morgan fingerprint density at radius 3 is 1.87 bits per heavy atom. The number of H-pyrrole nitrogens is 1. The summed E-state index contributed by atoms with van der Waals surface area (Å²) in [7, 11) is 0. The van der Waals surface area contributed by atoms with Crippen LogP contribution in [0.1, 0.15) is 11.1 Å². The first-order valence-electron chi connectivity index (χ1n) is 10.3. The van der Waals surface area contributed by atoms with Crippen molar-refractivity contribution in [2.24, 2.45) is 0 Å². The van der Waals surface area contributed by atoms with Crippen LogP contribution in [0.4, 0.5) is 0 Å². The minimum absolute atomic E-state index is 0.823. The lowest BCUT2D eigenvalue weighted by molar-refractivity contribution is 0.942. The Hall–Kier alpha value is -4.24. The lowest BCUT2D eigenvalue weighted by Gasteiger charge is -2.17. The molecule has 1 N–H and O–H groups in total. The highest BCUT2D eigenvalue weighted by Gasteiger charge is 2.18. The lowest BCUT2D eigenvalue weighted by Crippen LogP contribution is -1.94. The summed E-state index contributed by atoms with van der Waals surface area (Å²) in [5, 5.41) is 11.3. The van der Waals surface area contributed by atoms with Gasteiger partial charge in [-0.2, -0.15) is 0 Å². The summed E-state index contributed by atoms with van der Waals surface area (Å²) >= 11 is 0. The van der Waals surface area contributed by atoms with Gasteiger partial charge >= 0.3 is 0 Å². The van der Waals surface area contributed by atoms with Gasteiger partial charge in [-0.1, -0.05) is 120 Å². The van der Waals surface area contributed by atoms with Crippen molar-refractivity contribution in [1.29, 1.82) is 0 Å². The van der Waals surface area contributed by atoms with Crippen molar-refractivity contribution < 1.29 is 0 Å². The molecular weight excluding hydrogens is 378 g/mol. The summed E-state index contributed by atoms with van der Waals surface area (Å²) in [6.07, 6.45) is 6.15. The number of hydrogen-bond donors (Lipinski definition) is 1. The van der Waals surface area contributed by atoms with Crippen molar-refractivity contribution in [3.63, 3.8) is 0 Å². The fourth-order valence-corrected chi connectivity index (χ4v) is 3.87. The van der Waals surface area contributed by atoms with Crippen LogP contribution in [-0.2, 0) is 0 Å². The van der Waals surface area contributed by atoms with E-state index < -0.39 is 0 Å². The van der Waals surface area contributed by atoms with E-state index in [9.17, 15) is 0 Å². The lowest BCUT2D eigenvalue weighted by atomic mass is 9.86. The van der Waals surface area contributed by atoms with Gasteiger partial charge in [0.15, 0.2) is 0 Å². The van der Waals surface area contributed by atoms with E-state index in [0.717, 1.165) is 33.5 Å². The highest BCUT2D eigenvalue weighted by molar-refractivity contribution is 5.98. The second kappa shape index (κ2) is 8.64. The average molecular weight is 399 g/mol. The minimum Gasteiger partial charge on any atom is -0.265 e. The van der Waals surface area contributed by atoms with E-state index in [2.05, 4.69) is 100 Å². The average Bonchev–Trinajstić information content (AvgIpc) is 3.38. The van der Waals surface area contributed by atoms with E-state index in [0.29, 0.717) is 0 Å². The maximum Gasteiger partial charge on any atom is 0.114 e. The smallest absolute Gasteiger partial charge is 0.114 e. The van der Waals surface area contributed by atoms with Crippen LogP contribution in [0, 0.1) is 0 Å². The molecule has 0 amide bonds. The van der Waals surface area contributed by atoms with Gasteiger partial charge < -0.3 is 0 Å². The largest absolute Gasteiger partial charge is 0.265 e. The molecule has 3 nitrogen and oxygen atoms in total. The second-order valence-corrected chi connectivity index (χ2v) is 7.29. The molecule has 0 aliphatic heterocycles. The molecule has 0 atom stereocenters. The van der Waals surface area contributed by atoms with Crippen LogP contribution in [-0.4, -0.2) is 15.4 Å². The SMILES string of the molecule is C(=Cc1ccc(-c2ccccc2)c(-c2ccccc2)c1-c1c[nH]nn1)c1ccccc1. The molecule has 1 heterocycles. The second-order valence-electron chi connectivity index (χ2n) is 7.29. The molecule has 1 aromatic heterocycles. The zero-order valence-corrected chi connectivity index (χ0v) is 16.9. The zero-order chi connectivity index (χ0) is 20.9. The third-order valence-electron chi connectivity index (χ3n) is 5.31. The van der Waals surface area contributed by atoms with E-state index in [1.807, 2.05) is 36.5 Å². The number of hydrogen-bond acceptors (Lipinski definition) is 2. The molecule has 0 saturated carbocycles. The molecular formula is C28H21N3. The maximum atomic E-state index is 4.38. The summed E-state index contributed by atoms with van der Waals surface area (Å²) in [5.74, 6) is 0. The Morgan fingerprint density at radius 1 is 0.581 bits per heavy atom. The molecule has 148 valence electrons. The number of rotatable bonds is 5. The predicted octanol–water partition coefficient (Wildman–Crippen LogP) is 6.98. The number of aromatic nitrogens is 3. The fraction of sp³-hybridized carbons (Fsp3) is 0. The Morgan fingerprint density at radius 2 is 1.23 bits per heavy atom. The molecule has 5 rings (SSSR count). The highest BCUT2D eigenvalue weighted by atomic mass is 15.3. The molecule has 3 heteroatoms. The van der Waals surface area contributed by atoms with Gasteiger partial charge in [0.05, 0.1) is 6.20 Å². The monoisotopic (exact) mass is 399 g/mol. The van der Waals surface area contributed by atoms with E-state index >= 15 is 0 Å². The van der Waals surface area contributed by atoms with Gasteiger partial charge in [0.2, 0.25) is 0 Å². The Labute approximate surface area is 181 Å². The van der Waals surface area contributed by atoms with Crippen molar-refractivity contribution >= 4 is 12.2 Å². The molecule has 4 aromatic carbocycles. The van der Waals surface area contributed by atoms with Crippen molar-refractivity contribution in [2.45, 2.75) is 0 Å². The maximum absolute atomic E-state index is 4.38. The number of nitrogens with zero attached hydrogens (tertiary/aromatic N) is 2. The molecule has 0 bridgehead atoms. The molecule has 5 aromatic rings. The first-order valence-corrected chi connectivity index (χ1v) is 10.3. The number of aromatic amines is 1. The summed E-state index contributed by atoms with van der Waals surface area (Å²) in [5.41, 5.74) is 8.77. The van der Waals surface area contributed by atoms with Crippen LogP contribution in [0.15, 0.2) is 109 Å². The van der Waals surface area contributed by atoms with E-state index in [1.165, 1.54) is 11.1 Å². The van der Waals surface area contributed by atoms with Gasteiger partial charge in [-0.15, -0.1) is 5.10 Å². The summed E-state index contributed by atoms with van der Waals surface area (Å²) in [6, 6.07) is 35.7. The summed E-state index contributed by atoms with van der Waals surface area (Å²) < 4.78 is 0. The van der Waals surface area contributed by atoms with Crippen molar-refractivity contribution in [3.05, 3.63) is 120 Å². The third-order valence-corrected chi connectivity index (χ3v) is 5.31. The van der Waals surface area contributed by atoms with Crippen LogP contribution in [0.5, 0.6) is 0 Å². The van der Waals surface area contributed by atoms with E-state index in [4.69, 9.17) is 0 Å². The van der Waals surface area contributed by atoms with Gasteiger partial charge in [0.1, 0.15) is 5.69 Å². The van der Waals surface area contributed by atoms with Crippen LogP contribution in [0.3, 0.4) is 0 Å². The minimum atomic E-state index is 0.823. The van der Waals surface area contributed by atoms with Crippen molar-refractivity contribution in [2.75, 3.05) is 0 Å². The molecule has 0 saturated heterocycles. The molecule has 0 aliphatic rings. The summed E-state index contributed by atoms with van der Waals surface area (Å²) in [6.45, 7) is 0. The Kier molecular flexibility index (Phi) is 5.23. The molecule has 0 aliphatic carbocycles. The Bertz CT molecular complexity index is 1290. The topological polar surface area (TPSA) is 41.6 Å². The van der Waals surface area contributed by atoms with Gasteiger partial charge in [-0.25, -0.2) is 0 Å². The molecule has 0 radical (unpaired) electrons. The van der Waals surface area contributed by atoms with E-state index in [-0.39, 0.29) is 0 Å². The van der Waals surface area contributed by atoms with Crippen LogP contribution < -0.4 is 0 Å². The van der Waals surface area contributed by atoms with Crippen LogP contribution in [0.2, 0.25) is 0 Å². The van der Waals surface area contributed by atoms with E-state index in [1.54, 1.807) is 0 Å². The quantitative estimate of drug-likeness (QED) is 0.324. The first kappa shape index (κ1) is 18.8. The molecule has 31 heavy (non-hydrogen) atoms. The van der Waals surface area contributed by atoms with Gasteiger partial charge in [-0.05, 0) is 33.4 Å². The normalized spacial score (nSPS) is 11.1. The number of benzene rings is 4.